The van der Waals surface area contributed by atoms with E-state index in [4.69, 9.17) is 0 Å². The zero-order valence-electron chi connectivity index (χ0n) is 16.7. The Morgan fingerprint density at radius 2 is 1.53 bits per heavy atom. The van der Waals surface area contributed by atoms with Gasteiger partial charge in [0.1, 0.15) is 0 Å². The van der Waals surface area contributed by atoms with Crippen LogP contribution in [0.5, 0.6) is 0 Å². The topological polar surface area (TPSA) is 101 Å². The quantitative estimate of drug-likeness (QED) is 0.655. The molecule has 1 aliphatic heterocycles. The van der Waals surface area contributed by atoms with E-state index in [9.17, 15) is 21.6 Å². The summed E-state index contributed by atoms with van der Waals surface area (Å²) in [6.07, 6.45) is 3.86. The van der Waals surface area contributed by atoms with Gasteiger partial charge in [-0.15, -0.1) is 11.8 Å². The number of benzene rings is 2. The monoisotopic (exact) mass is 468 g/mol. The lowest BCUT2D eigenvalue weighted by Gasteiger charge is -2.30. The van der Waals surface area contributed by atoms with Crippen molar-refractivity contribution in [1.29, 1.82) is 0 Å². The molecule has 0 aromatic heterocycles. The van der Waals surface area contributed by atoms with Crippen LogP contribution in [0.2, 0.25) is 0 Å². The SMILES string of the molecule is CSc1ccccc1NC(=O)C1CCN(S(=O)(=O)c2ccc(S(C)(=O)=O)cc2)CC1. The number of nitrogens with one attached hydrogen (secondary N) is 1. The van der Waals surface area contributed by atoms with Gasteiger partial charge in [0, 0.05) is 30.2 Å². The van der Waals surface area contributed by atoms with E-state index in [-0.39, 0.29) is 34.7 Å². The van der Waals surface area contributed by atoms with Crippen molar-refractivity contribution in [2.75, 3.05) is 30.9 Å². The molecule has 0 saturated carbocycles. The molecule has 0 aliphatic carbocycles. The number of thioether (sulfide) groups is 1. The molecule has 1 amide bonds. The average Bonchev–Trinajstić information content (AvgIpc) is 2.73. The molecule has 0 spiro atoms. The van der Waals surface area contributed by atoms with E-state index in [1.165, 1.54) is 28.6 Å². The predicted octanol–water partition coefficient (Wildman–Crippen LogP) is 2.85. The van der Waals surface area contributed by atoms with Crippen LogP contribution in [-0.2, 0) is 24.7 Å². The van der Waals surface area contributed by atoms with Crippen LogP contribution >= 0.6 is 11.8 Å². The number of rotatable bonds is 6. The van der Waals surface area contributed by atoms with Crippen LogP contribution in [-0.4, -0.2) is 52.6 Å². The van der Waals surface area contributed by atoms with Gasteiger partial charge in [-0.3, -0.25) is 4.79 Å². The number of sulfone groups is 1. The first-order valence-electron chi connectivity index (χ1n) is 9.37. The fourth-order valence-electron chi connectivity index (χ4n) is 3.35. The molecule has 1 fully saturated rings. The van der Waals surface area contributed by atoms with Crippen molar-refractivity contribution in [1.82, 2.24) is 4.31 Å². The van der Waals surface area contributed by atoms with Crippen LogP contribution in [0.3, 0.4) is 0 Å². The molecular formula is C20H24N2O5S3. The third-order valence-corrected chi connectivity index (χ3v) is 8.92. The minimum Gasteiger partial charge on any atom is -0.325 e. The number of carbonyl (C=O) groups is 1. The van der Waals surface area contributed by atoms with Crippen molar-refractivity contribution in [3.05, 3.63) is 48.5 Å². The number of carbonyl (C=O) groups excluding carboxylic acids is 1. The highest BCUT2D eigenvalue weighted by atomic mass is 32.2. The molecule has 1 saturated heterocycles. The summed E-state index contributed by atoms with van der Waals surface area (Å²) in [7, 11) is -7.13. The molecule has 2 aromatic rings. The third-order valence-electron chi connectivity index (χ3n) is 5.08. The zero-order chi connectivity index (χ0) is 21.9. The van der Waals surface area contributed by atoms with Gasteiger partial charge in [-0.25, -0.2) is 16.8 Å². The Morgan fingerprint density at radius 1 is 0.967 bits per heavy atom. The summed E-state index contributed by atoms with van der Waals surface area (Å²) >= 11 is 1.55. The van der Waals surface area contributed by atoms with Gasteiger partial charge in [-0.2, -0.15) is 4.31 Å². The lowest BCUT2D eigenvalue weighted by molar-refractivity contribution is -0.120. The van der Waals surface area contributed by atoms with Gasteiger partial charge < -0.3 is 5.32 Å². The first-order valence-corrected chi connectivity index (χ1v) is 13.9. The molecule has 1 aliphatic rings. The van der Waals surface area contributed by atoms with Crippen LogP contribution < -0.4 is 5.32 Å². The van der Waals surface area contributed by atoms with E-state index in [1.807, 2.05) is 30.5 Å². The first-order chi connectivity index (χ1) is 14.1. The molecule has 10 heteroatoms. The molecule has 1 heterocycles. The van der Waals surface area contributed by atoms with E-state index in [0.29, 0.717) is 12.8 Å². The highest BCUT2D eigenvalue weighted by Gasteiger charge is 2.32. The van der Waals surface area contributed by atoms with Crippen LogP contribution in [0.4, 0.5) is 5.69 Å². The summed E-state index contributed by atoms with van der Waals surface area (Å²) in [5.41, 5.74) is 0.760. The molecule has 7 nitrogen and oxygen atoms in total. The molecule has 162 valence electrons. The molecule has 0 unspecified atom stereocenters. The molecule has 0 bridgehead atoms. The van der Waals surface area contributed by atoms with Gasteiger partial charge in [0.25, 0.3) is 0 Å². The molecule has 30 heavy (non-hydrogen) atoms. The Kier molecular flexibility index (Phi) is 6.91. The molecular weight excluding hydrogens is 444 g/mol. The number of nitrogens with zero attached hydrogens (tertiary/aromatic N) is 1. The minimum atomic E-state index is -3.74. The van der Waals surface area contributed by atoms with Gasteiger partial charge in [0.15, 0.2) is 9.84 Å². The lowest BCUT2D eigenvalue weighted by atomic mass is 9.97. The summed E-state index contributed by atoms with van der Waals surface area (Å²) in [6, 6.07) is 12.8. The first kappa shape index (κ1) is 22.8. The zero-order valence-corrected chi connectivity index (χ0v) is 19.2. The van der Waals surface area contributed by atoms with Crippen molar-refractivity contribution in [3.8, 4) is 0 Å². The number of hydrogen-bond donors (Lipinski definition) is 1. The summed E-state index contributed by atoms with van der Waals surface area (Å²) < 4.78 is 50.2. The van der Waals surface area contributed by atoms with Crippen molar-refractivity contribution in [2.45, 2.75) is 27.5 Å². The molecule has 3 rings (SSSR count). The summed E-state index contributed by atoms with van der Waals surface area (Å²) in [5.74, 6) is -0.370. The van der Waals surface area contributed by atoms with E-state index < -0.39 is 19.9 Å². The van der Waals surface area contributed by atoms with Crippen LogP contribution in [0.25, 0.3) is 0 Å². The van der Waals surface area contributed by atoms with Gasteiger partial charge in [-0.1, -0.05) is 12.1 Å². The standard InChI is InChI=1S/C20H24N2O5S3/c1-28-19-6-4-3-5-18(19)21-20(23)15-11-13-22(14-12-15)30(26,27)17-9-7-16(8-10-17)29(2,24)25/h3-10,15H,11-14H2,1-2H3,(H,21,23). The second-order valence-corrected chi connectivity index (χ2v) is 11.9. The predicted molar refractivity (Wildman–Crippen MR) is 118 cm³/mol. The highest BCUT2D eigenvalue weighted by Crippen LogP contribution is 2.28. The van der Waals surface area contributed by atoms with Crippen LogP contribution in [0.1, 0.15) is 12.8 Å². The van der Waals surface area contributed by atoms with Gasteiger partial charge in [-0.05, 0) is 55.5 Å². The largest absolute Gasteiger partial charge is 0.325 e. The Bertz CT molecular complexity index is 1120. The molecule has 1 N–H and O–H groups in total. The number of hydrogen-bond acceptors (Lipinski definition) is 6. The average molecular weight is 469 g/mol. The normalized spacial score (nSPS) is 16.3. The third kappa shape index (κ3) is 5.05. The van der Waals surface area contributed by atoms with Crippen molar-refractivity contribution < 1.29 is 21.6 Å². The van der Waals surface area contributed by atoms with Gasteiger partial charge >= 0.3 is 0 Å². The second-order valence-electron chi connectivity index (χ2n) is 7.11. The minimum absolute atomic E-state index is 0.0479. The van der Waals surface area contributed by atoms with E-state index >= 15 is 0 Å². The fourth-order valence-corrected chi connectivity index (χ4v) is 6.00. The summed E-state index contributed by atoms with van der Waals surface area (Å²) in [5, 5.41) is 2.95. The maximum atomic E-state index is 12.9. The van der Waals surface area contributed by atoms with Crippen molar-refractivity contribution in [3.63, 3.8) is 0 Å². The number of anilines is 1. The van der Waals surface area contributed by atoms with Crippen molar-refractivity contribution in [2.24, 2.45) is 5.92 Å². The van der Waals surface area contributed by atoms with E-state index in [0.717, 1.165) is 16.8 Å². The Labute approximate surface area is 181 Å². The van der Waals surface area contributed by atoms with E-state index in [2.05, 4.69) is 5.32 Å². The Balaban J connectivity index is 1.65. The van der Waals surface area contributed by atoms with Gasteiger partial charge in [0.05, 0.1) is 15.5 Å². The number of sulfonamides is 1. The molecule has 0 radical (unpaired) electrons. The number of amides is 1. The van der Waals surface area contributed by atoms with Crippen LogP contribution in [0, 0.1) is 5.92 Å². The Hall–Kier alpha value is -1.88. The van der Waals surface area contributed by atoms with Crippen molar-refractivity contribution >= 4 is 43.2 Å². The second kappa shape index (κ2) is 9.09. The smallest absolute Gasteiger partial charge is 0.243 e. The Morgan fingerprint density at radius 3 is 2.10 bits per heavy atom. The maximum Gasteiger partial charge on any atom is 0.243 e. The number of piperidine rings is 1. The molecule has 0 atom stereocenters. The van der Waals surface area contributed by atoms with E-state index in [1.54, 1.807) is 11.8 Å². The maximum absolute atomic E-state index is 12.9. The number of para-hydroxylation sites is 1. The fraction of sp³-hybridized carbons (Fsp3) is 0.350. The summed E-state index contributed by atoms with van der Waals surface area (Å²) in [4.78, 5) is 13.7. The summed E-state index contributed by atoms with van der Waals surface area (Å²) in [6.45, 7) is 0.469. The van der Waals surface area contributed by atoms with Gasteiger partial charge in [0.2, 0.25) is 15.9 Å². The lowest BCUT2D eigenvalue weighted by Crippen LogP contribution is -2.41. The van der Waals surface area contributed by atoms with Crippen LogP contribution in [0.15, 0.2) is 63.2 Å². The molecule has 2 aromatic carbocycles. The highest BCUT2D eigenvalue weighted by molar-refractivity contribution is 7.98.